The average Bonchev–Trinajstić information content (AvgIpc) is 2.91. The highest BCUT2D eigenvalue weighted by Gasteiger charge is 2.51. The highest BCUT2D eigenvalue weighted by molar-refractivity contribution is 7.92. The molecule has 3 N–H and O–H groups in total. The average molecular weight is 578 g/mol. The van der Waals surface area contributed by atoms with Gasteiger partial charge in [0.2, 0.25) is 0 Å². The molecule has 0 spiro atoms. The fourth-order valence-electron chi connectivity index (χ4n) is 5.72. The first-order chi connectivity index (χ1) is 19.4. The minimum absolute atomic E-state index is 0.104. The van der Waals surface area contributed by atoms with Crippen LogP contribution < -0.4 is 10.5 Å². The van der Waals surface area contributed by atoms with E-state index in [0.29, 0.717) is 36.2 Å². The Morgan fingerprint density at radius 3 is 2.37 bits per heavy atom. The standard InChI is InChI=1S/C32H39N3O5S/c1-5-10-26-25(17-15-21-11-7-6-8-12-21)30(36)28(31(37)40-26)29(32(2,3)4)22-13-9-14-24(19-22)35-41(38,39)27-18-16-23(33)20-34-27/h6-9,11-14,16,18-20,25-26,28-29,35H,5,10,15,17,33H2,1-4H3/t25?,26-,28?,29?/m1/s1. The van der Waals surface area contributed by atoms with Crippen LogP contribution in [0.5, 0.6) is 0 Å². The Morgan fingerprint density at radius 2 is 1.73 bits per heavy atom. The molecule has 1 fully saturated rings. The fraction of sp³-hybridized carbons (Fsp3) is 0.406. The molecule has 3 unspecified atom stereocenters. The Balaban J connectivity index is 1.65. The number of anilines is 2. The number of nitrogens with two attached hydrogens (primary N) is 1. The first-order valence-electron chi connectivity index (χ1n) is 14.0. The molecule has 2 heterocycles. The number of rotatable bonds is 10. The van der Waals surface area contributed by atoms with E-state index in [-0.39, 0.29) is 10.8 Å². The van der Waals surface area contributed by atoms with Crippen molar-refractivity contribution in [1.82, 2.24) is 4.98 Å². The van der Waals surface area contributed by atoms with Gasteiger partial charge in [-0.1, -0.05) is 76.6 Å². The Hall–Kier alpha value is -3.72. The summed E-state index contributed by atoms with van der Waals surface area (Å²) in [6, 6.07) is 19.6. The van der Waals surface area contributed by atoms with Crippen LogP contribution in [-0.2, 0) is 30.8 Å². The number of nitrogens with one attached hydrogen (secondary N) is 1. The third-order valence-corrected chi connectivity index (χ3v) is 8.90. The zero-order valence-electron chi connectivity index (χ0n) is 24.0. The Labute approximate surface area is 242 Å². The molecule has 1 aliphatic heterocycles. The molecule has 1 aromatic heterocycles. The number of nitrogen functional groups attached to an aromatic ring is 1. The molecular formula is C32H39N3O5S. The van der Waals surface area contributed by atoms with Crippen molar-refractivity contribution in [2.45, 2.75) is 70.4 Å². The summed E-state index contributed by atoms with van der Waals surface area (Å²) < 4.78 is 34.5. The highest BCUT2D eigenvalue weighted by Crippen LogP contribution is 2.46. The number of carbonyl (C=O) groups is 2. The van der Waals surface area contributed by atoms with Crippen LogP contribution in [0, 0.1) is 17.3 Å². The second-order valence-corrected chi connectivity index (χ2v) is 13.4. The van der Waals surface area contributed by atoms with Gasteiger partial charge < -0.3 is 10.5 Å². The number of ketones is 1. The van der Waals surface area contributed by atoms with Crippen LogP contribution >= 0.6 is 0 Å². The van der Waals surface area contributed by atoms with Crippen molar-refractivity contribution in [3.05, 3.63) is 84.1 Å². The number of carbonyl (C=O) groups excluding carboxylic acids is 2. The first-order valence-corrected chi connectivity index (χ1v) is 15.5. The minimum Gasteiger partial charge on any atom is -0.461 e. The van der Waals surface area contributed by atoms with Crippen LogP contribution in [0.3, 0.4) is 0 Å². The number of pyridine rings is 1. The highest BCUT2D eigenvalue weighted by atomic mass is 32.2. The van der Waals surface area contributed by atoms with E-state index in [0.717, 1.165) is 12.0 Å². The van der Waals surface area contributed by atoms with Gasteiger partial charge in [-0.3, -0.25) is 14.3 Å². The van der Waals surface area contributed by atoms with Crippen molar-refractivity contribution in [3.8, 4) is 0 Å². The number of hydrogen-bond donors (Lipinski definition) is 2. The summed E-state index contributed by atoms with van der Waals surface area (Å²) in [7, 11) is -3.99. The van der Waals surface area contributed by atoms with Crippen molar-refractivity contribution in [2.75, 3.05) is 10.5 Å². The molecule has 218 valence electrons. The molecule has 0 bridgehead atoms. The van der Waals surface area contributed by atoms with Crippen molar-refractivity contribution in [3.63, 3.8) is 0 Å². The number of aryl methyl sites for hydroxylation is 1. The van der Waals surface area contributed by atoms with E-state index in [4.69, 9.17) is 10.5 Å². The molecule has 2 aromatic carbocycles. The van der Waals surface area contributed by atoms with Crippen LogP contribution in [0.15, 0.2) is 78.0 Å². The van der Waals surface area contributed by atoms with Gasteiger partial charge in [-0.2, -0.15) is 8.42 Å². The van der Waals surface area contributed by atoms with Crippen molar-refractivity contribution >= 4 is 33.2 Å². The smallest absolute Gasteiger partial charge is 0.317 e. The van der Waals surface area contributed by atoms with Crippen molar-refractivity contribution in [2.24, 2.45) is 17.3 Å². The lowest BCUT2D eigenvalue weighted by Gasteiger charge is -2.42. The number of Topliss-reactive ketones (excluding diaryl/α,β-unsaturated/α-hetero) is 1. The van der Waals surface area contributed by atoms with Crippen LogP contribution in [0.1, 0.15) is 64.0 Å². The summed E-state index contributed by atoms with van der Waals surface area (Å²) in [5.41, 5.74) is 7.60. The monoisotopic (exact) mass is 577 g/mol. The SMILES string of the molecule is CCC[C@H]1OC(=O)C(C(c2cccc(NS(=O)(=O)c3ccc(N)cn3)c2)C(C)(C)C)C(=O)C1CCc1ccccc1. The number of esters is 1. The van der Waals surface area contributed by atoms with Crippen LogP contribution in [-0.4, -0.2) is 31.3 Å². The van der Waals surface area contributed by atoms with Gasteiger partial charge in [0, 0.05) is 11.6 Å². The lowest BCUT2D eigenvalue weighted by atomic mass is 9.65. The zero-order valence-corrected chi connectivity index (χ0v) is 24.9. The Kier molecular flexibility index (Phi) is 9.17. The third kappa shape index (κ3) is 7.14. The van der Waals surface area contributed by atoms with Gasteiger partial charge in [0.1, 0.15) is 12.0 Å². The van der Waals surface area contributed by atoms with Crippen LogP contribution in [0.4, 0.5) is 11.4 Å². The molecular weight excluding hydrogens is 538 g/mol. The van der Waals surface area contributed by atoms with Crippen molar-refractivity contribution < 1.29 is 22.7 Å². The van der Waals surface area contributed by atoms with Gasteiger partial charge in [-0.05, 0) is 60.1 Å². The number of hydrogen-bond acceptors (Lipinski definition) is 7. The largest absolute Gasteiger partial charge is 0.461 e. The topological polar surface area (TPSA) is 128 Å². The van der Waals surface area contributed by atoms with Crippen LogP contribution in [0.25, 0.3) is 0 Å². The second kappa shape index (κ2) is 12.4. The molecule has 1 saturated heterocycles. The third-order valence-electron chi connectivity index (χ3n) is 7.60. The van der Waals surface area contributed by atoms with Gasteiger partial charge in [0.25, 0.3) is 10.0 Å². The van der Waals surface area contributed by atoms with E-state index < -0.39 is 45.3 Å². The summed E-state index contributed by atoms with van der Waals surface area (Å²) in [5.74, 6) is -2.58. The zero-order chi connectivity index (χ0) is 29.8. The molecule has 41 heavy (non-hydrogen) atoms. The molecule has 0 radical (unpaired) electrons. The number of aromatic nitrogens is 1. The summed E-state index contributed by atoms with van der Waals surface area (Å²) in [4.78, 5) is 31.6. The number of ether oxygens (including phenoxy) is 1. The number of benzene rings is 2. The number of cyclic esters (lactones) is 1. The van der Waals surface area contributed by atoms with Gasteiger partial charge in [0.05, 0.1) is 17.8 Å². The van der Waals surface area contributed by atoms with E-state index in [1.165, 1.54) is 18.3 Å². The maximum atomic E-state index is 14.2. The molecule has 9 heteroatoms. The molecule has 4 atom stereocenters. The number of sulfonamides is 1. The predicted octanol–water partition coefficient (Wildman–Crippen LogP) is 5.75. The van der Waals surface area contributed by atoms with E-state index in [9.17, 15) is 18.0 Å². The van der Waals surface area contributed by atoms with E-state index in [1.807, 2.05) is 64.1 Å². The molecule has 8 nitrogen and oxygen atoms in total. The summed E-state index contributed by atoms with van der Waals surface area (Å²) in [5, 5.41) is -0.168. The van der Waals surface area contributed by atoms with E-state index in [2.05, 4.69) is 9.71 Å². The lowest BCUT2D eigenvalue weighted by Crippen LogP contribution is -2.50. The molecule has 0 saturated carbocycles. The molecule has 0 aliphatic carbocycles. The Morgan fingerprint density at radius 1 is 1.00 bits per heavy atom. The van der Waals surface area contributed by atoms with Gasteiger partial charge in [-0.25, -0.2) is 4.98 Å². The normalized spacial score (nSPS) is 20.3. The summed E-state index contributed by atoms with van der Waals surface area (Å²) in [6.07, 6.45) is 3.54. The minimum atomic E-state index is -3.99. The second-order valence-electron chi connectivity index (χ2n) is 11.8. The lowest BCUT2D eigenvalue weighted by molar-refractivity contribution is -0.174. The van der Waals surface area contributed by atoms with Gasteiger partial charge >= 0.3 is 5.97 Å². The van der Waals surface area contributed by atoms with Gasteiger partial charge in [0.15, 0.2) is 10.8 Å². The molecule has 0 amide bonds. The molecule has 4 rings (SSSR count). The molecule has 3 aromatic rings. The van der Waals surface area contributed by atoms with E-state index >= 15 is 0 Å². The predicted molar refractivity (Wildman–Crippen MR) is 160 cm³/mol. The first kappa shape index (κ1) is 30.2. The van der Waals surface area contributed by atoms with Crippen LogP contribution in [0.2, 0.25) is 0 Å². The Bertz CT molecular complexity index is 1470. The quantitative estimate of drug-likeness (QED) is 0.232. The number of nitrogens with zero attached hydrogens (tertiary/aromatic N) is 1. The van der Waals surface area contributed by atoms with E-state index in [1.54, 1.807) is 18.2 Å². The van der Waals surface area contributed by atoms with Gasteiger partial charge in [-0.15, -0.1) is 0 Å². The fourth-order valence-corrected chi connectivity index (χ4v) is 6.70. The maximum Gasteiger partial charge on any atom is 0.317 e. The summed E-state index contributed by atoms with van der Waals surface area (Å²) >= 11 is 0. The maximum absolute atomic E-state index is 14.2. The summed E-state index contributed by atoms with van der Waals surface area (Å²) in [6.45, 7) is 7.95. The molecule has 1 aliphatic rings. The van der Waals surface area contributed by atoms with Crippen molar-refractivity contribution in [1.29, 1.82) is 0 Å².